The summed E-state index contributed by atoms with van der Waals surface area (Å²) < 4.78 is 0. The Labute approximate surface area is 77.7 Å². The molecular weight excluding hydrogens is 144 g/mol. The molecule has 12 heavy (non-hydrogen) atoms. The Bertz CT molecular complexity index is 105. The van der Waals surface area contributed by atoms with Gasteiger partial charge in [0.2, 0.25) is 0 Å². The van der Waals surface area contributed by atoms with Crippen LogP contribution in [-0.2, 0) is 0 Å². The van der Waals surface area contributed by atoms with E-state index in [1.807, 2.05) is 0 Å². The summed E-state index contributed by atoms with van der Waals surface area (Å²) in [6.07, 6.45) is 8.78. The number of hydrogen-bond acceptors (Lipinski definition) is 0. The maximum absolute atomic E-state index is 2.48. The smallest absolute Gasteiger partial charge is 0.0386 e. The zero-order valence-corrected chi connectivity index (χ0v) is 8.97. The van der Waals surface area contributed by atoms with Crippen LogP contribution < -0.4 is 0 Å². The van der Waals surface area contributed by atoms with Crippen molar-refractivity contribution in [3.63, 3.8) is 0 Å². The van der Waals surface area contributed by atoms with Crippen LogP contribution in [0.4, 0.5) is 0 Å². The van der Waals surface area contributed by atoms with Crippen molar-refractivity contribution in [1.82, 2.24) is 0 Å². The van der Waals surface area contributed by atoms with Crippen LogP contribution in [-0.4, -0.2) is 0 Å². The summed E-state index contributed by atoms with van der Waals surface area (Å²) in [5, 5.41) is 0. The Balaban J connectivity index is 2.37. The second kappa shape index (κ2) is 4.89. The van der Waals surface area contributed by atoms with Gasteiger partial charge in [-0.15, -0.1) is 0 Å². The van der Waals surface area contributed by atoms with Crippen LogP contribution >= 0.6 is 0 Å². The Morgan fingerprint density at radius 3 is 2.00 bits per heavy atom. The number of hydrogen-bond donors (Lipinski definition) is 0. The van der Waals surface area contributed by atoms with Crippen LogP contribution in [0.5, 0.6) is 0 Å². The molecule has 0 aromatic heterocycles. The second-order valence-electron chi connectivity index (χ2n) is 4.48. The molecule has 0 N–H and O–H groups in total. The quantitative estimate of drug-likeness (QED) is 0.588. The van der Waals surface area contributed by atoms with Gasteiger partial charge in [-0.25, -0.2) is 0 Å². The minimum absolute atomic E-state index is 0.988. The summed E-state index contributed by atoms with van der Waals surface area (Å²) in [5.41, 5.74) is 0. The molecule has 0 spiro atoms. The van der Waals surface area contributed by atoms with E-state index in [2.05, 4.69) is 20.8 Å². The summed E-state index contributed by atoms with van der Waals surface area (Å²) in [6.45, 7) is 7.17. The molecule has 0 amide bonds. The van der Waals surface area contributed by atoms with Gasteiger partial charge < -0.3 is 0 Å². The van der Waals surface area contributed by atoms with Gasteiger partial charge in [0.1, 0.15) is 0 Å². The molecule has 0 heterocycles. The van der Waals surface area contributed by atoms with Crippen molar-refractivity contribution in [1.29, 1.82) is 0 Å². The third-order valence-electron chi connectivity index (χ3n) is 3.94. The lowest BCUT2D eigenvalue weighted by molar-refractivity contribution is 0.237. The Hall–Kier alpha value is 0. The molecule has 1 rings (SSSR count). The molecule has 1 atom stereocenters. The lowest BCUT2D eigenvalue weighted by atomic mass is 9.79. The highest BCUT2D eigenvalue weighted by atomic mass is 14.3. The fourth-order valence-electron chi connectivity index (χ4n) is 2.90. The molecule has 1 fully saturated rings. The van der Waals surface area contributed by atoms with E-state index in [0.29, 0.717) is 0 Å². The van der Waals surface area contributed by atoms with Crippen LogP contribution in [0.15, 0.2) is 0 Å². The van der Waals surface area contributed by atoms with Crippen molar-refractivity contribution in [3.05, 3.63) is 0 Å². The molecule has 0 nitrogen and oxygen atoms in total. The van der Waals surface area contributed by atoms with E-state index in [1.165, 1.54) is 38.5 Å². The fourth-order valence-corrected chi connectivity index (χ4v) is 2.90. The Kier molecular flexibility index (Phi) is 4.11. The third-order valence-corrected chi connectivity index (χ3v) is 3.94. The normalized spacial score (nSPS) is 22.0. The highest BCUT2D eigenvalue weighted by molar-refractivity contribution is 4.76. The maximum Gasteiger partial charge on any atom is -0.0386 e. The van der Waals surface area contributed by atoms with E-state index in [9.17, 15) is 0 Å². The molecule has 0 aromatic carbocycles. The summed E-state index contributed by atoms with van der Waals surface area (Å²) in [7, 11) is 0. The molecule has 0 aliphatic heterocycles. The van der Waals surface area contributed by atoms with Gasteiger partial charge in [0.15, 0.2) is 0 Å². The average molecular weight is 168 g/mol. The summed E-state index contributed by atoms with van der Waals surface area (Å²) in [6, 6.07) is 0. The largest absolute Gasteiger partial charge is 0.0651 e. The van der Waals surface area contributed by atoms with Crippen LogP contribution in [0.25, 0.3) is 0 Å². The maximum atomic E-state index is 2.48. The topological polar surface area (TPSA) is 0 Å². The Morgan fingerprint density at radius 2 is 1.58 bits per heavy atom. The summed E-state index contributed by atoms with van der Waals surface area (Å²) in [5.74, 6) is 3.05. The first kappa shape index (κ1) is 10.1. The predicted octanol–water partition coefficient (Wildman–Crippen LogP) is 4.25. The van der Waals surface area contributed by atoms with Gasteiger partial charge in [-0.3, -0.25) is 0 Å². The molecule has 0 saturated heterocycles. The lowest BCUT2D eigenvalue weighted by Gasteiger charge is -2.26. The zero-order valence-electron chi connectivity index (χ0n) is 8.97. The first-order chi connectivity index (χ1) is 5.79. The van der Waals surface area contributed by atoms with Gasteiger partial charge in [0.25, 0.3) is 0 Å². The predicted molar refractivity (Wildman–Crippen MR) is 55.2 cm³/mol. The molecule has 1 saturated carbocycles. The van der Waals surface area contributed by atoms with Gasteiger partial charge in [-0.1, -0.05) is 59.3 Å². The number of rotatable bonds is 4. The van der Waals surface area contributed by atoms with E-state index in [0.717, 1.165) is 17.8 Å². The Morgan fingerprint density at radius 1 is 1.08 bits per heavy atom. The molecule has 1 aliphatic rings. The molecule has 0 bridgehead atoms. The van der Waals surface area contributed by atoms with Crippen molar-refractivity contribution in [3.8, 4) is 0 Å². The average Bonchev–Trinajstić information content (AvgIpc) is 2.58. The second-order valence-corrected chi connectivity index (χ2v) is 4.48. The van der Waals surface area contributed by atoms with Crippen molar-refractivity contribution in [2.75, 3.05) is 0 Å². The SMILES string of the molecule is CCC(CC)[C@@H](C)C1CCCC1. The molecule has 72 valence electrons. The van der Waals surface area contributed by atoms with Crippen LogP contribution in [0.2, 0.25) is 0 Å². The van der Waals surface area contributed by atoms with Gasteiger partial charge in [0.05, 0.1) is 0 Å². The van der Waals surface area contributed by atoms with Crippen LogP contribution in [0.3, 0.4) is 0 Å². The summed E-state index contributed by atoms with van der Waals surface area (Å²) in [4.78, 5) is 0. The first-order valence-corrected chi connectivity index (χ1v) is 5.79. The standard InChI is InChI=1S/C12H24/c1-4-11(5-2)10(3)12-8-6-7-9-12/h10-12H,4-9H2,1-3H3/t10-/m1/s1. The molecular formula is C12H24. The van der Waals surface area contributed by atoms with Crippen molar-refractivity contribution in [2.45, 2.75) is 59.3 Å². The van der Waals surface area contributed by atoms with Crippen LogP contribution in [0.1, 0.15) is 59.3 Å². The molecule has 0 heteroatoms. The van der Waals surface area contributed by atoms with Crippen molar-refractivity contribution in [2.24, 2.45) is 17.8 Å². The lowest BCUT2D eigenvalue weighted by Crippen LogP contribution is -2.17. The van der Waals surface area contributed by atoms with E-state index in [4.69, 9.17) is 0 Å². The molecule has 0 aromatic rings. The summed E-state index contributed by atoms with van der Waals surface area (Å²) >= 11 is 0. The van der Waals surface area contributed by atoms with E-state index >= 15 is 0 Å². The van der Waals surface area contributed by atoms with Crippen molar-refractivity contribution >= 4 is 0 Å². The molecule has 1 aliphatic carbocycles. The highest BCUT2D eigenvalue weighted by Gasteiger charge is 2.25. The first-order valence-electron chi connectivity index (χ1n) is 5.79. The molecule has 0 radical (unpaired) electrons. The van der Waals surface area contributed by atoms with Crippen LogP contribution in [0, 0.1) is 17.8 Å². The van der Waals surface area contributed by atoms with Crippen molar-refractivity contribution < 1.29 is 0 Å². The monoisotopic (exact) mass is 168 g/mol. The third kappa shape index (κ3) is 2.24. The zero-order chi connectivity index (χ0) is 8.97. The van der Waals surface area contributed by atoms with Gasteiger partial charge in [-0.2, -0.15) is 0 Å². The van der Waals surface area contributed by atoms with Gasteiger partial charge in [-0.05, 0) is 17.8 Å². The minimum Gasteiger partial charge on any atom is -0.0651 e. The van der Waals surface area contributed by atoms with Gasteiger partial charge >= 0.3 is 0 Å². The van der Waals surface area contributed by atoms with E-state index in [-0.39, 0.29) is 0 Å². The highest BCUT2D eigenvalue weighted by Crippen LogP contribution is 2.36. The molecule has 0 unspecified atom stereocenters. The van der Waals surface area contributed by atoms with E-state index in [1.54, 1.807) is 0 Å². The van der Waals surface area contributed by atoms with Gasteiger partial charge in [0, 0.05) is 0 Å². The van der Waals surface area contributed by atoms with E-state index < -0.39 is 0 Å². The fraction of sp³-hybridized carbons (Fsp3) is 1.00. The minimum atomic E-state index is 0.988.